The molecule has 0 bridgehead atoms. The van der Waals surface area contributed by atoms with E-state index in [-0.39, 0.29) is 0 Å². The quantitative estimate of drug-likeness (QED) is 0.870. The van der Waals surface area contributed by atoms with E-state index in [1.165, 1.54) is 25.7 Å². The van der Waals surface area contributed by atoms with Gasteiger partial charge in [0.05, 0.1) is 12.5 Å². The van der Waals surface area contributed by atoms with Gasteiger partial charge >= 0.3 is 5.97 Å². The van der Waals surface area contributed by atoms with Gasteiger partial charge in [0.25, 0.3) is 0 Å². The second-order valence-electron chi connectivity index (χ2n) is 7.02. The highest BCUT2D eigenvalue weighted by Gasteiger charge is 2.54. The minimum atomic E-state index is -0.752. The summed E-state index contributed by atoms with van der Waals surface area (Å²) in [7, 11) is 0. The van der Waals surface area contributed by atoms with Gasteiger partial charge < -0.3 is 5.11 Å². The third-order valence-corrected chi connectivity index (χ3v) is 5.01. The van der Waals surface area contributed by atoms with Gasteiger partial charge in [-0.05, 0) is 47.4 Å². The van der Waals surface area contributed by atoms with E-state index in [1.807, 2.05) is 13.8 Å². The van der Waals surface area contributed by atoms with Crippen molar-refractivity contribution >= 4 is 5.97 Å². The molecule has 21 heavy (non-hydrogen) atoms. The second kappa shape index (κ2) is 5.73. The van der Waals surface area contributed by atoms with E-state index in [1.54, 1.807) is 4.68 Å². The molecule has 2 aliphatic rings. The summed E-state index contributed by atoms with van der Waals surface area (Å²) in [6, 6.07) is 0. The Kier molecular flexibility index (Phi) is 3.95. The van der Waals surface area contributed by atoms with Crippen molar-refractivity contribution in [2.75, 3.05) is 0 Å². The van der Waals surface area contributed by atoms with Crippen LogP contribution in [0.4, 0.5) is 0 Å². The van der Waals surface area contributed by atoms with E-state index in [0.717, 1.165) is 17.7 Å². The van der Waals surface area contributed by atoms with Gasteiger partial charge in [-0.1, -0.05) is 26.7 Å². The molecule has 2 fully saturated rings. The van der Waals surface area contributed by atoms with Crippen molar-refractivity contribution in [3.05, 3.63) is 5.82 Å². The largest absolute Gasteiger partial charge is 0.481 e. The Balaban J connectivity index is 1.72. The summed E-state index contributed by atoms with van der Waals surface area (Å²) < 4.78 is 1.75. The number of tetrazole rings is 1. The molecule has 1 heterocycles. The molecule has 0 saturated heterocycles. The summed E-state index contributed by atoms with van der Waals surface area (Å²) in [5.74, 6) is 2.05. The van der Waals surface area contributed by atoms with Crippen LogP contribution in [-0.4, -0.2) is 31.3 Å². The lowest BCUT2D eigenvalue weighted by molar-refractivity contribution is -0.142. The van der Waals surface area contributed by atoms with E-state index in [9.17, 15) is 9.90 Å². The summed E-state index contributed by atoms with van der Waals surface area (Å²) in [4.78, 5) is 11.4. The number of carbonyl (C=O) groups is 1. The van der Waals surface area contributed by atoms with Crippen LogP contribution < -0.4 is 0 Å². The van der Waals surface area contributed by atoms with Crippen LogP contribution in [0.2, 0.25) is 0 Å². The zero-order valence-electron chi connectivity index (χ0n) is 12.8. The van der Waals surface area contributed by atoms with Gasteiger partial charge in [0.1, 0.15) is 0 Å². The van der Waals surface area contributed by atoms with E-state index >= 15 is 0 Å². The predicted molar refractivity (Wildman–Crippen MR) is 76.6 cm³/mol. The van der Waals surface area contributed by atoms with Crippen LogP contribution in [0.1, 0.15) is 57.7 Å². The fourth-order valence-electron chi connectivity index (χ4n) is 3.99. The third-order valence-electron chi connectivity index (χ3n) is 5.01. The lowest BCUT2D eigenvalue weighted by atomic mass is 9.97. The molecule has 2 saturated carbocycles. The average Bonchev–Trinajstić information content (AvgIpc) is 2.99. The Labute approximate surface area is 124 Å². The monoisotopic (exact) mass is 292 g/mol. The second-order valence-corrected chi connectivity index (χ2v) is 7.02. The standard InChI is InChI=1S/C15H24N4O2/c1-9(2)7-10(15(20)21)8-19-14(16-17-18-19)13-11-5-3-4-6-12(11)13/h9-13H,3-8H2,1-2H3,(H,20,21). The van der Waals surface area contributed by atoms with Crippen molar-refractivity contribution in [3.63, 3.8) is 0 Å². The van der Waals surface area contributed by atoms with E-state index in [4.69, 9.17) is 0 Å². The summed E-state index contributed by atoms with van der Waals surface area (Å²) in [6.07, 6.45) is 5.83. The van der Waals surface area contributed by atoms with Crippen molar-refractivity contribution in [3.8, 4) is 0 Å². The lowest BCUT2D eigenvalue weighted by Crippen LogP contribution is -2.23. The Morgan fingerprint density at radius 2 is 2.00 bits per heavy atom. The Hall–Kier alpha value is -1.46. The SMILES string of the molecule is CC(C)CC(Cn1nnnc1C1C2CCCCC21)C(=O)O. The molecule has 1 aromatic heterocycles. The van der Waals surface area contributed by atoms with Crippen LogP contribution in [0.5, 0.6) is 0 Å². The number of carboxylic acid groups (broad SMARTS) is 1. The lowest BCUT2D eigenvalue weighted by Gasteiger charge is -2.15. The third kappa shape index (κ3) is 2.94. The normalized spacial score (nSPS) is 29.2. The van der Waals surface area contributed by atoms with E-state index < -0.39 is 11.9 Å². The average molecular weight is 292 g/mol. The van der Waals surface area contributed by atoms with Gasteiger partial charge in [-0.2, -0.15) is 0 Å². The van der Waals surface area contributed by atoms with Gasteiger partial charge in [0.2, 0.25) is 0 Å². The molecule has 0 aromatic carbocycles. The maximum absolute atomic E-state index is 11.4. The summed E-state index contributed by atoms with van der Waals surface area (Å²) in [5.41, 5.74) is 0. The molecule has 116 valence electrons. The van der Waals surface area contributed by atoms with Crippen LogP contribution in [0.25, 0.3) is 0 Å². The smallest absolute Gasteiger partial charge is 0.308 e. The van der Waals surface area contributed by atoms with Crippen molar-refractivity contribution in [2.24, 2.45) is 23.7 Å². The van der Waals surface area contributed by atoms with Crippen LogP contribution in [0.3, 0.4) is 0 Å². The molecule has 6 nitrogen and oxygen atoms in total. The van der Waals surface area contributed by atoms with Crippen LogP contribution >= 0.6 is 0 Å². The number of hydrogen-bond acceptors (Lipinski definition) is 4. The Bertz CT molecular complexity index is 502. The zero-order valence-corrected chi connectivity index (χ0v) is 12.8. The summed E-state index contributed by atoms with van der Waals surface area (Å²) >= 11 is 0. The van der Waals surface area contributed by atoms with Crippen molar-refractivity contribution in [2.45, 2.75) is 58.4 Å². The van der Waals surface area contributed by atoms with Crippen LogP contribution in [0.15, 0.2) is 0 Å². The number of carboxylic acids is 1. The summed E-state index contributed by atoms with van der Waals surface area (Å²) in [6.45, 7) is 4.49. The molecule has 0 amide bonds. The molecular formula is C15H24N4O2. The minimum absolute atomic E-state index is 0.356. The molecule has 1 N–H and O–H groups in total. The minimum Gasteiger partial charge on any atom is -0.481 e. The van der Waals surface area contributed by atoms with Crippen molar-refractivity contribution in [1.29, 1.82) is 0 Å². The van der Waals surface area contributed by atoms with Gasteiger partial charge in [0, 0.05) is 5.92 Å². The van der Waals surface area contributed by atoms with Crippen LogP contribution in [0, 0.1) is 23.7 Å². The molecule has 3 rings (SSSR count). The molecule has 1 aromatic rings. The number of fused-ring (bicyclic) bond motifs is 1. The molecular weight excluding hydrogens is 268 g/mol. The topological polar surface area (TPSA) is 80.9 Å². The highest BCUT2D eigenvalue weighted by molar-refractivity contribution is 5.69. The van der Waals surface area contributed by atoms with E-state index in [2.05, 4.69) is 15.5 Å². The molecule has 2 aliphatic carbocycles. The summed E-state index contributed by atoms with van der Waals surface area (Å²) in [5, 5.41) is 21.5. The number of hydrogen-bond donors (Lipinski definition) is 1. The first-order chi connectivity index (χ1) is 10.1. The Morgan fingerprint density at radius 3 is 2.57 bits per heavy atom. The highest BCUT2D eigenvalue weighted by Crippen LogP contribution is 2.60. The van der Waals surface area contributed by atoms with Gasteiger partial charge in [-0.15, -0.1) is 5.10 Å². The number of aromatic nitrogens is 4. The molecule has 0 spiro atoms. The molecule has 3 unspecified atom stereocenters. The first-order valence-corrected chi connectivity index (χ1v) is 8.06. The molecule has 3 atom stereocenters. The molecule has 6 heteroatoms. The Morgan fingerprint density at radius 1 is 1.33 bits per heavy atom. The van der Waals surface area contributed by atoms with Gasteiger partial charge in [-0.3, -0.25) is 4.79 Å². The van der Waals surface area contributed by atoms with Crippen molar-refractivity contribution < 1.29 is 9.90 Å². The number of rotatable bonds is 6. The number of nitrogens with zero attached hydrogens (tertiary/aromatic N) is 4. The van der Waals surface area contributed by atoms with Crippen LogP contribution in [-0.2, 0) is 11.3 Å². The zero-order chi connectivity index (χ0) is 15.0. The maximum atomic E-state index is 11.4. The maximum Gasteiger partial charge on any atom is 0.308 e. The fraction of sp³-hybridized carbons (Fsp3) is 0.867. The molecule has 0 aliphatic heterocycles. The van der Waals surface area contributed by atoms with Gasteiger partial charge in [-0.25, -0.2) is 4.68 Å². The van der Waals surface area contributed by atoms with Gasteiger partial charge in [0.15, 0.2) is 5.82 Å². The predicted octanol–water partition coefficient (Wildman–Crippen LogP) is 2.32. The fourth-order valence-corrected chi connectivity index (χ4v) is 3.99. The molecule has 0 radical (unpaired) electrons. The van der Waals surface area contributed by atoms with Crippen molar-refractivity contribution in [1.82, 2.24) is 20.2 Å². The highest BCUT2D eigenvalue weighted by atomic mass is 16.4. The first kappa shape index (κ1) is 14.5. The number of aliphatic carboxylic acids is 1. The first-order valence-electron chi connectivity index (χ1n) is 8.06. The van der Waals surface area contributed by atoms with E-state index in [0.29, 0.717) is 24.8 Å².